The van der Waals surface area contributed by atoms with E-state index in [4.69, 9.17) is 0 Å². The van der Waals surface area contributed by atoms with E-state index in [2.05, 4.69) is 10.6 Å². The second-order valence-corrected chi connectivity index (χ2v) is 4.07. The number of hydrogen-bond acceptors (Lipinski definition) is 2. The monoisotopic (exact) mass is 270 g/mol. The summed E-state index contributed by atoms with van der Waals surface area (Å²) in [5.41, 5.74) is -0.230. The summed E-state index contributed by atoms with van der Waals surface area (Å²) >= 11 is 0. The zero-order valence-corrected chi connectivity index (χ0v) is 10.8. The lowest BCUT2D eigenvalue weighted by Crippen LogP contribution is -2.41. The summed E-state index contributed by atoms with van der Waals surface area (Å²) in [6, 6.07) is 2.59. The van der Waals surface area contributed by atoms with Crippen LogP contribution in [-0.4, -0.2) is 17.9 Å². The van der Waals surface area contributed by atoms with Crippen molar-refractivity contribution in [3.8, 4) is 0 Å². The molecule has 0 atom stereocenters. The second kappa shape index (κ2) is 6.82. The Labute approximate surface area is 110 Å². The Morgan fingerprint density at radius 3 is 2.32 bits per heavy atom. The Hall–Kier alpha value is -1.98. The fourth-order valence-corrected chi connectivity index (χ4v) is 1.51. The highest BCUT2D eigenvalue weighted by Gasteiger charge is 2.18. The number of carbonyl (C=O) groups excluding carboxylic acids is 2. The van der Waals surface area contributed by atoms with Gasteiger partial charge in [-0.05, 0) is 25.0 Å². The van der Waals surface area contributed by atoms with Crippen LogP contribution in [0.4, 0.5) is 14.5 Å². The predicted octanol–water partition coefficient (Wildman–Crippen LogP) is 2.21. The van der Waals surface area contributed by atoms with Crippen LogP contribution in [0.5, 0.6) is 0 Å². The Morgan fingerprint density at radius 2 is 1.79 bits per heavy atom. The number of amides is 2. The first-order valence-corrected chi connectivity index (χ1v) is 6.04. The lowest BCUT2D eigenvalue weighted by atomic mass is 10.2. The lowest BCUT2D eigenvalue weighted by Gasteiger charge is -2.14. The molecular weight excluding hydrogens is 254 g/mol. The first-order chi connectivity index (χ1) is 8.97. The molecule has 0 spiro atoms. The largest absolute Gasteiger partial charge is 0.345 e. The molecule has 6 heteroatoms. The van der Waals surface area contributed by atoms with Crippen LogP contribution in [0.15, 0.2) is 18.2 Å². The Balaban J connectivity index is 2.66. The molecule has 0 saturated heterocycles. The van der Waals surface area contributed by atoms with Crippen molar-refractivity contribution >= 4 is 17.5 Å². The van der Waals surface area contributed by atoms with Crippen molar-refractivity contribution in [2.75, 3.05) is 5.32 Å². The minimum absolute atomic E-state index is 0.101. The first kappa shape index (κ1) is 15.1. The fraction of sp³-hybridized carbons (Fsp3) is 0.385. The van der Waals surface area contributed by atoms with Crippen molar-refractivity contribution in [3.63, 3.8) is 0 Å². The number of hydrogen-bond donors (Lipinski definition) is 2. The van der Waals surface area contributed by atoms with E-state index in [1.807, 2.05) is 13.8 Å². The van der Waals surface area contributed by atoms with Crippen molar-refractivity contribution in [1.82, 2.24) is 5.32 Å². The molecular formula is C13H16F2N2O2. The van der Waals surface area contributed by atoms with Crippen LogP contribution in [-0.2, 0) is 9.59 Å². The molecule has 0 bridgehead atoms. The molecule has 0 aliphatic rings. The van der Waals surface area contributed by atoms with Gasteiger partial charge < -0.3 is 10.6 Å². The van der Waals surface area contributed by atoms with E-state index in [0.29, 0.717) is 18.9 Å². The third-order valence-corrected chi connectivity index (χ3v) is 2.71. The number of benzene rings is 1. The maximum atomic E-state index is 13.3. The van der Waals surface area contributed by atoms with E-state index >= 15 is 0 Å². The average Bonchev–Trinajstić information content (AvgIpc) is 2.38. The number of rotatable bonds is 4. The van der Waals surface area contributed by atoms with E-state index in [1.165, 1.54) is 0 Å². The normalized spacial score (nSPS) is 10.4. The van der Waals surface area contributed by atoms with Crippen molar-refractivity contribution in [2.24, 2.45) is 0 Å². The number of carbonyl (C=O) groups is 2. The fourth-order valence-electron chi connectivity index (χ4n) is 1.51. The molecule has 1 rings (SSSR count). The van der Waals surface area contributed by atoms with Crippen LogP contribution in [0.25, 0.3) is 0 Å². The average molecular weight is 270 g/mol. The Kier molecular flexibility index (Phi) is 5.41. The molecule has 1 aromatic rings. The highest BCUT2D eigenvalue weighted by molar-refractivity contribution is 6.39. The van der Waals surface area contributed by atoms with Crippen molar-refractivity contribution in [3.05, 3.63) is 29.8 Å². The van der Waals surface area contributed by atoms with Gasteiger partial charge in [0, 0.05) is 12.1 Å². The maximum Gasteiger partial charge on any atom is 0.313 e. The molecule has 2 N–H and O–H groups in total. The third-order valence-electron chi connectivity index (χ3n) is 2.71. The molecule has 2 amide bonds. The number of nitrogens with one attached hydrogen (secondary N) is 2. The minimum atomic E-state index is -0.975. The SMILES string of the molecule is CCC(CC)NC(=O)C(=O)Nc1ccc(F)cc1F. The van der Waals surface area contributed by atoms with Crippen LogP contribution >= 0.6 is 0 Å². The summed E-state index contributed by atoms with van der Waals surface area (Å²) in [5, 5.41) is 4.62. The zero-order valence-electron chi connectivity index (χ0n) is 10.8. The lowest BCUT2D eigenvalue weighted by molar-refractivity contribution is -0.136. The molecule has 4 nitrogen and oxygen atoms in total. The van der Waals surface area contributed by atoms with Gasteiger partial charge in [0.2, 0.25) is 0 Å². The van der Waals surface area contributed by atoms with Crippen LogP contribution in [0, 0.1) is 11.6 Å². The highest BCUT2D eigenvalue weighted by Crippen LogP contribution is 2.14. The van der Waals surface area contributed by atoms with E-state index < -0.39 is 23.4 Å². The van der Waals surface area contributed by atoms with Gasteiger partial charge in [-0.1, -0.05) is 13.8 Å². The molecule has 1 aromatic carbocycles. The van der Waals surface area contributed by atoms with Gasteiger partial charge >= 0.3 is 11.8 Å². The van der Waals surface area contributed by atoms with Gasteiger partial charge in [-0.25, -0.2) is 8.78 Å². The molecule has 0 saturated carbocycles. The van der Waals surface area contributed by atoms with Gasteiger partial charge in [-0.3, -0.25) is 9.59 Å². The number of halogens is 2. The van der Waals surface area contributed by atoms with Crippen LogP contribution in [0.3, 0.4) is 0 Å². The molecule has 0 aromatic heterocycles. The number of anilines is 1. The summed E-state index contributed by atoms with van der Waals surface area (Å²) < 4.78 is 26.0. The Bertz CT molecular complexity index is 474. The van der Waals surface area contributed by atoms with Crippen LogP contribution in [0.2, 0.25) is 0 Å². The zero-order chi connectivity index (χ0) is 14.4. The maximum absolute atomic E-state index is 13.3. The van der Waals surface area contributed by atoms with Gasteiger partial charge in [0.25, 0.3) is 0 Å². The van der Waals surface area contributed by atoms with Gasteiger partial charge in [-0.2, -0.15) is 0 Å². The summed E-state index contributed by atoms with van der Waals surface area (Å²) in [6.45, 7) is 3.76. The Morgan fingerprint density at radius 1 is 1.16 bits per heavy atom. The van der Waals surface area contributed by atoms with E-state index in [0.717, 1.165) is 12.1 Å². The summed E-state index contributed by atoms with van der Waals surface area (Å²) in [6.07, 6.45) is 1.39. The smallest absolute Gasteiger partial charge is 0.313 e. The molecule has 0 fully saturated rings. The standard InChI is InChI=1S/C13H16F2N2O2/c1-3-9(4-2)16-12(18)13(19)17-11-6-5-8(14)7-10(11)15/h5-7,9H,3-4H2,1-2H3,(H,16,18)(H,17,19). The van der Waals surface area contributed by atoms with Crippen molar-refractivity contribution < 1.29 is 18.4 Å². The molecule has 0 aliphatic carbocycles. The third kappa shape index (κ3) is 4.31. The van der Waals surface area contributed by atoms with Gasteiger partial charge in [0.15, 0.2) is 0 Å². The molecule has 0 aliphatic heterocycles. The quantitative estimate of drug-likeness (QED) is 0.824. The molecule has 0 radical (unpaired) electrons. The first-order valence-electron chi connectivity index (χ1n) is 6.04. The summed E-state index contributed by atoms with van der Waals surface area (Å²) in [7, 11) is 0. The molecule has 0 unspecified atom stereocenters. The second-order valence-electron chi connectivity index (χ2n) is 4.07. The van der Waals surface area contributed by atoms with Crippen LogP contribution < -0.4 is 10.6 Å². The topological polar surface area (TPSA) is 58.2 Å². The molecule has 0 heterocycles. The van der Waals surface area contributed by atoms with Gasteiger partial charge in [0.1, 0.15) is 11.6 Å². The highest BCUT2D eigenvalue weighted by atomic mass is 19.1. The van der Waals surface area contributed by atoms with E-state index in [9.17, 15) is 18.4 Å². The molecule has 104 valence electrons. The van der Waals surface area contributed by atoms with Crippen LogP contribution in [0.1, 0.15) is 26.7 Å². The minimum Gasteiger partial charge on any atom is -0.345 e. The van der Waals surface area contributed by atoms with E-state index in [-0.39, 0.29) is 11.7 Å². The summed E-state index contributed by atoms with van der Waals surface area (Å²) in [5.74, 6) is -3.49. The molecule has 19 heavy (non-hydrogen) atoms. The van der Waals surface area contributed by atoms with Crippen molar-refractivity contribution in [1.29, 1.82) is 0 Å². The van der Waals surface area contributed by atoms with Gasteiger partial charge in [0.05, 0.1) is 5.69 Å². The van der Waals surface area contributed by atoms with E-state index in [1.54, 1.807) is 0 Å². The predicted molar refractivity (Wildman–Crippen MR) is 67.5 cm³/mol. The van der Waals surface area contributed by atoms with Gasteiger partial charge in [-0.15, -0.1) is 0 Å². The summed E-state index contributed by atoms with van der Waals surface area (Å²) in [4.78, 5) is 23.1. The van der Waals surface area contributed by atoms with Crippen molar-refractivity contribution in [2.45, 2.75) is 32.7 Å².